The quantitative estimate of drug-likeness (QED) is 0.831. The van der Waals surface area contributed by atoms with E-state index < -0.39 is 10.0 Å². The second-order valence-electron chi connectivity index (χ2n) is 7.56. The van der Waals surface area contributed by atoms with Gasteiger partial charge in [-0.25, -0.2) is 13.4 Å². The maximum Gasteiger partial charge on any atom is 0.243 e. The molecule has 28 heavy (non-hydrogen) atoms. The molecule has 0 unspecified atom stereocenters. The molecular formula is C21H27N3O3S. The van der Waals surface area contributed by atoms with Gasteiger partial charge in [-0.1, -0.05) is 32.0 Å². The largest absolute Gasteiger partial charge is 0.310 e. The van der Waals surface area contributed by atoms with E-state index in [1.807, 2.05) is 31.2 Å². The lowest BCUT2D eigenvalue weighted by atomic mass is 9.97. The zero-order chi connectivity index (χ0) is 20.3. The Morgan fingerprint density at radius 2 is 1.75 bits per heavy atom. The highest BCUT2D eigenvalue weighted by atomic mass is 32.2. The van der Waals surface area contributed by atoms with Crippen molar-refractivity contribution in [3.63, 3.8) is 0 Å². The summed E-state index contributed by atoms with van der Waals surface area (Å²) in [4.78, 5) is 17.1. The summed E-state index contributed by atoms with van der Waals surface area (Å²) in [7, 11) is -3.53. The van der Waals surface area contributed by atoms with Crippen LogP contribution in [0, 0.1) is 12.8 Å². The monoisotopic (exact) mass is 401 g/mol. The Balaban J connectivity index is 1.61. The summed E-state index contributed by atoms with van der Waals surface area (Å²) in [6.07, 6.45) is 1.00. The summed E-state index contributed by atoms with van der Waals surface area (Å²) in [5.74, 6) is 0.577. The molecule has 1 amide bonds. The molecule has 0 bridgehead atoms. The first-order valence-electron chi connectivity index (χ1n) is 9.62. The first-order valence-corrected chi connectivity index (χ1v) is 11.1. The van der Waals surface area contributed by atoms with Crippen LogP contribution in [0.2, 0.25) is 0 Å². The number of nitrogens with one attached hydrogen (secondary N) is 1. The first kappa shape index (κ1) is 20.5. The van der Waals surface area contributed by atoms with Crippen LogP contribution in [-0.2, 0) is 14.8 Å². The van der Waals surface area contributed by atoms with Crippen molar-refractivity contribution in [2.24, 2.45) is 5.92 Å². The van der Waals surface area contributed by atoms with E-state index in [1.54, 1.807) is 18.2 Å². The Morgan fingerprint density at radius 1 is 1.11 bits per heavy atom. The Morgan fingerprint density at radius 3 is 2.32 bits per heavy atom. The van der Waals surface area contributed by atoms with E-state index in [-0.39, 0.29) is 11.8 Å². The van der Waals surface area contributed by atoms with Gasteiger partial charge >= 0.3 is 0 Å². The minimum Gasteiger partial charge on any atom is -0.310 e. The number of aryl methyl sites for hydroxylation is 1. The fourth-order valence-electron chi connectivity index (χ4n) is 3.37. The normalized spacial score (nSPS) is 16.3. The smallest absolute Gasteiger partial charge is 0.243 e. The molecule has 3 rings (SSSR count). The third kappa shape index (κ3) is 4.59. The van der Waals surface area contributed by atoms with Gasteiger partial charge < -0.3 is 5.32 Å². The summed E-state index contributed by atoms with van der Waals surface area (Å²) in [6, 6.07) is 12.6. The molecule has 1 aromatic heterocycles. The molecule has 0 atom stereocenters. The van der Waals surface area contributed by atoms with Crippen LogP contribution >= 0.6 is 0 Å². The van der Waals surface area contributed by atoms with Crippen molar-refractivity contribution < 1.29 is 13.2 Å². The topological polar surface area (TPSA) is 79.4 Å². The van der Waals surface area contributed by atoms with Gasteiger partial charge in [0.2, 0.25) is 15.9 Å². The van der Waals surface area contributed by atoms with Crippen molar-refractivity contribution in [1.82, 2.24) is 9.29 Å². The van der Waals surface area contributed by atoms with Gasteiger partial charge in [0.1, 0.15) is 5.82 Å². The van der Waals surface area contributed by atoms with Crippen molar-refractivity contribution in [3.05, 3.63) is 53.7 Å². The number of aromatic nitrogens is 1. The summed E-state index contributed by atoms with van der Waals surface area (Å²) < 4.78 is 27.3. The van der Waals surface area contributed by atoms with E-state index in [1.165, 1.54) is 4.31 Å². The fraction of sp³-hybridized carbons (Fsp3) is 0.429. The molecule has 7 heteroatoms. The number of nitrogens with zero attached hydrogens (tertiary/aromatic N) is 2. The van der Waals surface area contributed by atoms with Crippen LogP contribution in [0.25, 0.3) is 0 Å². The van der Waals surface area contributed by atoms with Crippen LogP contribution in [-0.4, -0.2) is 36.7 Å². The number of hydrogen-bond acceptors (Lipinski definition) is 4. The SMILES string of the molecule is Cc1cccc(NC(=O)C2CCN(S(=O)(=O)c3ccc(C(C)C)cc3)CC2)n1. The third-order valence-corrected chi connectivity index (χ3v) is 7.06. The lowest BCUT2D eigenvalue weighted by Gasteiger charge is -2.30. The molecule has 2 aromatic rings. The van der Waals surface area contributed by atoms with Crippen molar-refractivity contribution in [2.75, 3.05) is 18.4 Å². The van der Waals surface area contributed by atoms with E-state index in [4.69, 9.17) is 0 Å². The maximum atomic E-state index is 12.9. The number of pyridine rings is 1. The number of sulfonamides is 1. The summed E-state index contributed by atoms with van der Waals surface area (Å²) >= 11 is 0. The van der Waals surface area contributed by atoms with Crippen LogP contribution in [0.1, 0.15) is 43.9 Å². The number of anilines is 1. The summed E-state index contributed by atoms with van der Waals surface area (Å²) in [5, 5.41) is 2.84. The molecule has 1 aliphatic rings. The molecule has 1 N–H and O–H groups in total. The number of carbonyl (C=O) groups is 1. The van der Waals surface area contributed by atoms with Crippen LogP contribution < -0.4 is 5.32 Å². The minimum atomic E-state index is -3.53. The average molecular weight is 402 g/mol. The Kier molecular flexibility index (Phi) is 6.15. The second kappa shape index (κ2) is 8.41. The summed E-state index contributed by atoms with van der Waals surface area (Å²) in [6.45, 7) is 6.70. The molecule has 0 radical (unpaired) electrons. The first-order chi connectivity index (χ1) is 13.3. The van der Waals surface area contributed by atoms with Gasteiger partial charge in [-0.2, -0.15) is 4.31 Å². The lowest BCUT2D eigenvalue weighted by Crippen LogP contribution is -2.41. The molecule has 150 valence electrons. The van der Waals surface area contributed by atoms with Gasteiger partial charge in [0.15, 0.2) is 0 Å². The zero-order valence-corrected chi connectivity index (χ0v) is 17.4. The van der Waals surface area contributed by atoms with E-state index in [2.05, 4.69) is 24.1 Å². The average Bonchev–Trinajstić information content (AvgIpc) is 2.68. The standard InChI is InChI=1S/C21H27N3O3S/c1-15(2)17-7-9-19(10-8-17)28(26,27)24-13-11-18(12-14-24)21(25)23-20-6-4-5-16(3)22-20/h4-10,15,18H,11-14H2,1-3H3,(H,22,23,25). The van der Waals surface area contributed by atoms with Gasteiger partial charge in [-0.05, 0) is 55.5 Å². The maximum absolute atomic E-state index is 12.9. The van der Waals surface area contributed by atoms with Crippen LogP contribution in [0.15, 0.2) is 47.4 Å². The van der Waals surface area contributed by atoms with Crippen molar-refractivity contribution >= 4 is 21.7 Å². The molecule has 1 aromatic carbocycles. The summed E-state index contributed by atoms with van der Waals surface area (Å²) in [5.41, 5.74) is 1.95. The minimum absolute atomic E-state index is 0.101. The van der Waals surface area contributed by atoms with Gasteiger partial charge in [0.05, 0.1) is 4.90 Å². The number of amides is 1. The number of hydrogen-bond donors (Lipinski definition) is 1. The highest BCUT2D eigenvalue weighted by Gasteiger charge is 2.32. The van der Waals surface area contributed by atoms with Gasteiger partial charge in [0, 0.05) is 24.7 Å². The molecule has 6 nitrogen and oxygen atoms in total. The van der Waals surface area contributed by atoms with E-state index in [0.717, 1.165) is 11.3 Å². The Hall–Kier alpha value is -2.25. The third-order valence-electron chi connectivity index (χ3n) is 5.15. The van der Waals surface area contributed by atoms with E-state index in [0.29, 0.717) is 42.6 Å². The Bertz CT molecular complexity index is 932. The predicted molar refractivity (Wildman–Crippen MR) is 110 cm³/mol. The molecular weight excluding hydrogens is 374 g/mol. The number of carbonyl (C=O) groups excluding carboxylic acids is 1. The number of piperidine rings is 1. The predicted octanol–water partition coefficient (Wildman–Crippen LogP) is 3.55. The highest BCUT2D eigenvalue weighted by molar-refractivity contribution is 7.89. The molecule has 0 spiro atoms. The van der Waals surface area contributed by atoms with Gasteiger partial charge in [-0.15, -0.1) is 0 Å². The second-order valence-corrected chi connectivity index (χ2v) is 9.49. The number of rotatable bonds is 5. The molecule has 1 fully saturated rings. The van der Waals surface area contributed by atoms with Crippen molar-refractivity contribution in [3.8, 4) is 0 Å². The van der Waals surface area contributed by atoms with Gasteiger partial charge in [-0.3, -0.25) is 4.79 Å². The van der Waals surface area contributed by atoms with E-state index >= 15 is 0 Å². The molecule has 0 saturated carbocycles. The molecule has 2 heterocycles. The fourth-order valence-corrected chi connectivity index (χ4v) is 4.84. The van der Waals surface area contributed by atoms with Crippen molar-refractivity contribution in [2.45, 2.75) is 44.4 Å². The van der Waals surface area contributed by atoms with Crippen LogP contribution in [0.3, 0.4) is 0 Å². The zero-order valence-electron chi connectivity index (χ0n) is 16.6. The highest BCUT2D eigenvalue weighted by Crippen LogP contribution is 2.26. The number of benzene rings is 1. The van der Waals surface area contributed by atoms with Crippen LogP contribution in [0.4, 0.5) is 5.82 Å². The molecule has 1 saturated heterocycles. The van der Waals surface area contributed by atoms with Gasteiger partial charge in [0.25, 0.3) is 0 Å². The van der Waals surface area contributed by atoms with E-state index in [9.17, 15) is 13.2 Å². The Labute approximate surface area is 167 Å². The van der Waals surface area contributed by atoms with Crippen molar-refractivity contribution in [1.29, 1.82) is 0 Å². The molecule has 1 aliphatic heterocycles. The lowest BCUT2D eigenvalue weighted by molar-refractivity contribution is -0.120. The molecule has 0 aliphatic carbocycles. The van der Waals surface area contributed by atoms with Crippen LogP contribution in [0.5, 0.6) is 0 Å².